The monoisotopic (exact) mass is 288 g/mol. The Kier molecular flexibility index (Phi) is 3.50. The second-order valence-corrected chi connectivity index (χ2v) is 5.96. The number of benzene rings is 1. The van der Waals surface area contributed by atoms with Crippen LogP contribution in [-0.2, 0) is 6.54 Å². The SMILES string of the molecule is Fc1ccc(CN2C[C@H]3CNC[C@H]3C2)c(Cl)c1Cl. The van der Waals surface area contributed by atoms with E-state index >= 15 is 0 Å². The molecule has 2 fully saturated rings. The average molecular weight is 289 g/mol. The van der Waals surface area contributed by atoms with E-state index in [2.05, 4.69) is 10.2 Å². The molecule has 0 aromatic heterocycles. The fourth-order valence-electron chi connectivity index (χ4n) is 3.01. The van der Waals surface area contributed by atoms with E-state index in [1.807, 2.05) is 0 Å². The lowest BCUT2D eigenvalue weighted by Gasteiger charge is -2.18. The Morgan fingerprint density at radius 3 is 2.50 bits per heavy atom. The molecule has 0 bridgehead atoms. The summed E-state index contributed by atoms with van der Waals surface area (Å²) >= 11 is 11.9. The van der Waals surface area contributed by atoms with Crippen LogP contribution in [0.15, 0.2) is 12.1 Å². The lowest BCUT2D eigenvalue weighted by molar-refractivity contribution is 0.305. The summed E-state index contributed by atoms with van der Waals surface area (Å²) in [7, 11) is 0. The molecule has 2 aliphatic heterocycles. The maximum atomic E-state index is 13.2. The van der Waals surface area contributed by atoms with Gasteiger partial charge in [0.25, 0.3) is 0 Å². The fraction of sp³-hybridized carbons (Fsp3) is 0.538. The highest BCUT2D eigenvalue weighted by molar-refractivity contribution is 6.42. The highest BCUT2D eigenvalue weighted by Gasteiger charge is 2.36. The summed E-state index contributed by atoms with van der Waals surface area (Å²) in [5.41, 5.74) is 0.913. The summed E-state index contributed by atoms with van der Waals surface area (Å²) in [6.07, 6.45) is 0. The van der Waals surface area contributed by atoms with E-state index in [9.17, 15) is 4.39 Å². The second kappa shape index (κ2) is 4.97. The Hall–Kier alpha value is -0.350. The largest absolute Gasteiger partial charge is 0.316 e. The predicted molar refractivity (Wildman–Crippen MR) is 71.5 cm³/mol. The van der Waals surface area contributed by atoms with E-state index in [0.717, 1.165) is 50.1 Å². The normalized spacial score (nSPS) is 27.7. The molecule has 0 amide bonds. The smallest absolute Gasteiger partial charge is 0.143 e. The minimum Gasteiger partial charge on any atom is -0.316 e. The van der Waals surface area contributed by atoms with Gasteiger partial charge in [-0.3, -0.25) is 4.90 Å². The molecular formula is C13H15Cl2FN2. The third-order valence-corrected chi connectivity index (χ3v) is 4.87. The van der Waals surface area contributed by atoms with Crippen molar-refractivity contribution < 1.29 is 4.39 Å². The molecule has 2 saturated heterocycles. The van der Waals surface area contributed by atoms with Gasteiger partial charge in [0.05, 0.1) is 10.0 Å². The summed E-state index contributed by atoms with van der Waals surface area (Å²) in [5, 5.41) is 3.80. The molecular weight excluding hydrogens is 274 g/mol. The Morgan fingerprint density at radius 1 is 1.17 bits per heavy atom. The first-order chi connectivity index (χ1) is 8.65. The van der Waals surface area contributed by atoms with Gasteiger partial charge in [-0.1, -0.05) is 29.3 Å². The van der Waals surface area contributed by atoms with Crippen molar-refractivity contribution in [3.05, 3.63) is 33.6 Å². The van der Waals surface area contributed by atoms with Crippen molar-refractivity contribution in [3.63, 3.8) is 0 Å². The molecule has 2 atom stereocenters. The average Bonchev–Trinajstić information content (AvgIpc) is 2.90. The van der Waals surface area contributed by atoms with E-state index in [1.54, 1.807) is 6.07 Å². The number of rotatable bonds is 2. The molecule has 0 spiro atoms. The standard InChI is InChI=1S/C13H15Cl2FN2/c14-12-8(1-2-11(16)13(12)15)5-18-6-9-3-17-4-10(9)7-18/h1-2,9-10,17H,3-7H2/t9-,10+. The zero-order valence-electron chi connectivity index (χ0n) is 9.93. The predicted octanol–water partition coefficient (Wildman–Crippen LogP) is 2.78. The fourth-order valence-corrected chi connectivity index (χ4v) is 3.41. The van der Waals surface area contributed by atoms with Gasteiger partial charge in [0.2, 0.25) is 0 Å². The number of halogens is 3. The first-order valence-corrected chi connectivity index (χ1v) is 6.96. The zero-order valence-corrected chi connectivity index (χ0v) is 11.4. The zero-order chi connectivity index (χ0) is 12.7. The second-order valence-electron chi connectivity index (χ2n) is 5.21. The topological polar surface area (TPSA) is 15.3 Å². The van der Waals surface area contributed by atoms with Crippen LogP contribution in [0.3, 0.4) is 0 Å². The first kappa shape index (κ1) is 12.7. The molecule has 2 aliphatic rings. The van der Waals surface area contributed by atoms with Crippen LogP contribution in [0.2, 0.25) is 10.0 Å². The quantitative estimate of drug-likeness (QED) is 0.842. The van der Waals surface area contributed by atoms with Gasteiger partial charge in [0, 0.05) is 19.6 Å². The van der Waals surface area contributed by atoms with Crippen LogP contribution in [0.4, 0.5) is 4.39 Å². The van der Waals surface area contributed by atoms with Gasteiger partial charge in [-0.2, -0.15) is 0 Å². The third kappa shape index (κ3) is 2.25. The summed E-state index contributed by atoms with van der Waals surface area (Å²) in [5.74, 6) is 1.05. The van der Waals surface area contributed by atoms with Crippen LogP contribution in [0, 0.1) is 17.7 Å². The molecule has 0 aliphatic carbocycles. The van der Waals surface area contributed by atoms with Crippen molar-refractivity contribution in [3.8, 4) is 0 Å². The van der Waals surface area contributed by atoms with Crippen LogP contribution < -0.4 is 5.32 Å². The number of likely N-dealkylation sites (tertiary alicyclic amines) is 1. The van der Waals surface area contributed by atoms with E-state index in [0.29, 0.717) is 5.02 Å². The maximum Gasteiger partial charge on any atom is 0.143 e. The van der Waals surface area contributed by atoms with Crippen molar-refractivity contribution in [1.29, 1.82) is 0 Å². The minimum atomic E-state index is -0.451. The van der Waals surface area contributed by atoms with E-state index in [4.69, 9.17) is 23.2 Å². The third-order valence-electron chi connectivity index (χ3n) is 3.97. The molecule has 3 rings (SSSR count). The Balaban J connectivity index is 1.72. The van der Waals surface area contributed by atoms with E-state index < -0.39 is 5.82 Å². The van der Waals surface area contributed by atoms with Crippen LogP contribution in [0.5, 0.6) is 0 Å². The molecule has 1 aromatic carbocycles. The van der Waals surface area contributed by atoms with Crippen LogP contribution in [-0.4, -0.2) is 31.1 Å². The lowest BCUT2D eigenvalue weighted by atomic mass is 10.0. The molecule has 0 radical (unpaired) electrons. The molecule has 0 unspecified atom stereocenters. The van der Waals surface area contributed by atoms with Crippen LogP contribution >= 0.6 is 23.2 Å². The molecule has 2 heterocycles. The van der Waals surface area contributed by atoms with Crippen molar-refractivity contribution in [2.75, 3.05) is 26.2 Å². The molecule has 2 nitrogen and oxygen atoms in total. The molecule has 98 valence electrons. The van der Waals surface area contributed by atoms with Gasteiger partial charge in [0.15, 0.2) is 0 Å². The van der Waals surface area contributed by atoms with Gasteiger partial charge in [0.1, 0.15) is 5.82 Å². The maximum absolute atomic E-state index is 13.2. The molecule has 1 N–H and O–H groups in total. The number of hydrogen-bond donors (Lipinski definition) is 1. The number of fused-ring (bicyclic) bond motifs is 1. The Morgan fingerprint density at radius 2 is 1.83 bits per heavy atom. The van der Waals surface area contributed by atoms with Gasteiger partial charge in [-0.15, -0.1) is 0 Å². The highest BCUT2D eigenvalue weighted by atomic mass is 35.5. The number of hydrogen-bond acceptors (Lipinski definition) is 2. The summed E-state index contributed by atoms with van der Waals surface area (Å²) in [6.45, 7) is 5.15. The van der Waals surface area contributed by atoms with Crippen LogP contribution in [0.1, 0.15) is 5.56 Å². The molecule has 0 saturated carbocycles. The minimum absolute atomic E-state index is 0.0372. The van der Waals surface area contributed by atoms with Crippen molar-refractivity contribution in [1.82, 2.24) is 10.2 Å². The van der Waals surface area contributed by atoms with Crippen LogP contribution in [0.25, 0.3) is 0 Å². The summed E-state index contributed by atoms with van der Waals surface area (Å²) in [4.78, 5) is 2.38. The number of nitrogens with one attached hydrogen (secondary N) is 1. The molecule has 1 aromatic rings. The first-order valence-electron chi connectivity index (χ1n) is 6.20. The van der Waals surface area contributed by atoms with Crippen molar-refractivity contribution in [2.45, 2.75) is 6.54 Å². The van der Waals surface area contributed by atoms with Crippen molar-refractivity contribution >= 4 is 23.2 Å². The van der Waals surface area contributed by atoms with E-state index in [1.165, 1.54) is 6.07 Å². The Bertz CT molecular complexity index is 455. The molecule has 5 heteroatoms. The molecule has 18 heavy (non-hydrogen) atoms. The van der Waals surface area contributed by atoms with Gasteiger partial charge >= 0.3 is 0 Å². The highest BCUT2D eigenvalue weighted by Crippen LogP contribution is 2.32. The van der Waals surface area contributed by atoms with Gasteiger partial charge in [-0.25, -0.2) is 4.39 Å². The summed E-state index contributed by atoms with van der Waals surface area (Å²) < 4.78 is 13.2. The Labute approximate surface area is 116 Å². The van der Waals surface area contributed by atoms with Gasteiger partial charge < -0.3 is 5.32 Å². The lowest BCUT2D eigenvalue weighted by Crippen LogP contribution is -2.25. The van der Waals surface area contributed by atoms with Crippen molar-refractivity contribution in [2.24, 2.45) is 11.8 Å². The van der Waals surface area contributed by atoms with E-state index in [-0.39, 0.29) is 5.02 Å². The summed E-state index contributed by atoms with van der Waals surface area (Å²) in [6, 6.07) is 3.12. The number of nitrogens with zero attached hydrogens (tertiary/aromatic N) is 1. The van der Waals surface area contributed by atoms with Gasteiger partial charge in [-0.05, 0) is 36.6 Å².